The van der Waals surface area contributed by atoms with Gasteiger partial charge in [-0.1, -0.05) is 36.8 Å². The fourth-order valence-corrected chi connectivity index (χ4v) is 2.85. The number of amides is 1. The topological polar surface area (TPSA) is 89.3 Å². The molecule has 0 aliphatic carbocycles. The number of sulfonamides is 1. The van der Waals surface area contributed by atoms with Crippen molar-refractivity contribution in [1.29, 1.82) is 0 Å². The van der Waals surface area contributed by atoms with E-state index in [1.165, 1.54) is 0 Å². The van der Waals surface area contributed by atoms with Gasteiger partial charge in [-0.05, 0) is 13.3 Å². The molecule has 2 rings (SSSR count). The van der Waals surface area contributed by atoms with Crippen molar-refractivity contribution in [2.45, 2.75) is 20.3 Å². The molecule has 0 unspecified atom stereocenters. The van der Waals surface area contributed by atoms with Gasteiger partial charge in [0.15, 0.2) is 17.8 Å². The van der Waals surface area contributed by atoms with Crippen molar-refractivity contribution in [1.82, 2.24) is 9.71 Å². The fourth-order valence-electron chi connectivity index (χ4n) is 1.83. The van der Waals surface area contributed by atoms with Crippen LogP contribution < -0.4 is 4.72 Å². The van der Waals surface area contributed by atoms with E-state index in [2.05, 4.69) is 4.98 Å². The average molecular weight is 308 g/mol. The second-order valence-electron chi connectivity index (χ2n) is 4.65. The van der Waals surface area contributed by atoms with E-state index in [1.807, 2.05) is 23.8 Å². The molecule has 0 fully saturated rings. The maximum Gasteiger partial charge on any atom is 0.287 e. The number of carbonyl (C=O) groups is 1. The molecule has 112 valence electrons. The van der Waals surface area contributed by atoms with Gasteiger partial charge in [0.25, 0.3) is 5.91 Å². The Bertz CT molecular complexity index is 733. The highest BCUT2D eigenvalue weighted by Gasteiger charge is 2.22. The minimum Gasteiger partial charge on any atom is -0.443 e. The normalized spacial score (nSPS) is 11.3. The highest BCUT2D eigenvalue weighted by atomic mass is 32.2. The highest BCUT2D eigenvalue weighted by molar-refractivity contribution is 7.90. The van der Waals surface area contributed by atoms with Gasteiger partial charge < -0.3 is 4.42 Å². The van der Waals surface area contributed by atoms with E-state index in [9.17, 15) is 13.2 Å². The number of aryl methyl sites for hydroxylation is 1. The quantitative estimate of drug-likeness (QED) is 0.914. The van der Waals surface area contributed by atoms with Gasteiger partial charge in [-0.15, -0.1) is 0 Å². The molecule has 1 N–H and O–H groups in total. The third kappa shape index (κ3) is 3.69. The number of aromatic nitrogens is 1. The summed E-state index contributed by atoms with van der Waals surface area (Å²) >= 11 is 0. The van der Waals surface area contributed by atoms with Crippen LogP contribution >= 0.6 is 0 Å². The zero-order valence-electron chi connectivity index (χ0n) is 11.8. The Labute approximate surface area is 123 Å². The smallest absolute Gasteiger partial charge is 0.287 e. The van der Waals surface area contributed by atoms with Crippen LogP contribution in [0.1, 0.15) is 29.4 Å². The summed E-state index contributed by atoms with van der Waals surface area (Å²) in [7, 11) is -3.64. The van der Waals surface area contributed by atoms with Gasteiger partial charge in [-0.25, -0.2) is 18.1 Å². The van der Waals surface area contributed by atoms with Gasteiger partial charge in [0.1, 0.15) is 0 Å². The molecule has 21 heavy (non-hydrogen) atoms. The molecule has 0 saturated carbocycles. The summed E-state index contributed by atoms with van der Waals surface area (Å²) in [6.45, 7) is 3.66. The molecule has 0 saturated heterocycles. The van der Waals surface area contributed by atoms with E-state index in [0.29, 0.717) is 12.0 Å². The van der Waals surface area contributed by atoms with E-state index in [-0.39, 0.29) is 17.2 Å². The standard InChI is InChI=1S/C14H16N2O4S/c1-3-8-21(18,19)16-14(17)12-13(20-9-15-12)11-6-4-10(2)5-7-11/h4-7,9H,3,8H2,1-2H3,(H,16,17). The third-order valence-electron chi connectivity index (χ3n) is 2.82. The van der Waals surface area contributed by atoms with Crippen LogP contribution in [0, 0.1) is 6.92 Å². The van der Waals surface area contributed by atoms with Crippen LogP contribution in [0.15, 0.2) is 35.1 Å². The van der Waals surface area contributed by atoms with Crippen LogP contribution in [0.5, 0.6) is 0 Å². The van der Waals surface area contributed by atoms with Crippen molar-refractivity contribution in [3.05, 3.63) is 41.9 Å². The van der Waals surface area contributed by atoms with Gasteiger partial charge in [-0.2, -0.15) is 0 Å². The van der Waals surface area contributed by atoms with Gasteiger partial charge >= 0.3 is 0 Å². The maximum absolute atomic E-state index is 12.0. The van der Waals surface area contributed by atoms with Gasteiger partial charge in [0.2, 0.25) is 10.0 Å². The molecular weight excluding hydrogens is 292 g/mol. The number of nitrogens with one attached hydrogen (secondary N) is 1. The molecule has 0 bridgehead atoms. The first-order chi connectivity index (χ1) is 9.93. The maximum atomic E-state index is 12.0. The lowest BCUT2D eigenvalue weighted by atomic mass is 10.1. The SMILES string of the molecule is CCCS(=O)(=O)NC(=O)c1ncoc1-c1ccc(C)cc1. The minimum absolute atomic E-state index is 0.0430. The van der Waals surface area contributed by atoms with Crippen LogP contribution in [-0.4, -0.2) is 25.1 Å². The molecule has 0 aliphatic rings. The largest absolute Gasteiger partial charge is 0.443 e. The Hall–Kier alpha value is -2.15. The fraction of sp³-hybridized carbons (Fsp3) is 0.286. The number of hydrogen-bond acceptors (Lipinski definition) is 5. The first-order valence-corrected chi connectivity index (χ1v) is 8.13. The van der Waals surface area contributed by atoms with Crippen LogP contribution in [0.4, 0.5) is 0 Å². The van der Waals surface area contributed by atoms with Crippen LogP contribution in [0.2, 0.25) is 0 Å². The van der Waals surface area contributed by atoms with Crippen LogP contribution in [-0.2, 0) is 10.0 Å². The Morgan fingerprint density at radius 1 is 1.29 bits per heavy atom. The number of carbonyl (C=O) groups excluding carboxylic acids is 1. The summed E-state index contributed by atoms with van der Waals surface area (Å²) in [5.41, 5.74) is 1.68. The molecule has 0 spiro atoms. The summed E-state index contributed by atoms with van der Waals surface area (Å²) in [5, 5.41) is 0. The molecule has 0 atom stereocenters. The predicted octanol–water partition coefficient (Wildman–Crippen LogP) is 2.12. The number of oxazole rings is 1. The van der Waals surface area contributed by atoms with Crippen molar-refractivity contribution in [3.8, 4) is 11.3 Å². The average Bonchev–Trinajstić information content (AvgIpc) is 2.88. The molecule has 7 heteroatoms. The van der Waals surface area contributed by atoms with E-state index in [1.54, 1.807) is 19.1 Å². The Morgan fingerprint density at radius 2 is 1.95 bits per heavy atom. The van der Waals surface area contributed by atoms with E-state index in [0.717, 1.165) is 12.0 Å². The molecule has 1 heterocycles. The van der Waals surface area contributed by atoms with Crippen LogP contribution in [0.3, 0.4) is 0 Å². The summed E-state index contributed by atoms with van der Waals surface area (Å²) in [6, 6.07) is 7.31. The molecule has 1 aromatic carbocycles. The summed E-state index contributed by atoms with van der Waals surface area (Å²) in [6.07, 6.45) is 1.54. The van der Waals surface area contributed by atoms with Crippen molar-refractivity contribution >= 4 is 15.9 Å². The zero-order valence-corrected chi connectivity index (χ0v) is 12.6. The van der Waals surface area contributed by atoms with Gasteiger partial charge in [0.05, 0.1) is 5.75 Å². The Kier molecular flexibility index (Phi) is 4.42. The van der Waals surface area contributed by atoms with E-state index >= 15 is 0 Å². The lowest BCUT2D eigenvalue weighted by Crippen LogP contribution is -2.32. The van der Waals surface area contributed by atoms with Crippen molar-refractivity contribution in [3.63, 3.8) is 0 Å². The second-order valence-corrected chi connectivity index (χ2v) is 6.49. The second kappa shape index (κ2) is 6.09. The van der Waals surface area contributed by atoms with Crippen molar-refractivity contribution < 1.29 is 17.6 Å². The molecule has 6 nitrogen and oxygen atoms in total. The zero-order chi connectivity index (χ0) is 15.5. The first kappa shape index (κ1) is 15.2. The molecule has 0 radical (unpaired) electrons. The number of benzene rings is 1. The molecule has 2 aromatic rings. The number of nitrogens with zero attached hydrogens (tertiary/aromatic N) is 1. The highest BCUT2D eigenvalue weighted by Crippen LogP contribution is 2.23. The lowest BCUT2D eigenvalue weighted by Gasteiger charge is -2.05. The number of hydrogen-bond donors (Lipinski definition) is 1. The van der Waals surface area contributed by atoms with E-state index < -0.39 is 15.9 Å². The Morgan fingerprint density at radius 3 is 2.57 bits per heavy atom. The molecule has 0 aliphatic heterocycles. The summed E-state index contributed by atoms with van der Waals surface area (Å²) in [4.78, 5) is 15.9. The number of rotatable bonds is 5. The molecule has 1 aromatic heterocycles. The lowest BCUT2D eigenvalue weighted by molar-refractivity contribution is 0.0977. The minimum atomic E-state index is -3.64. The van der Waals surface area contributed by atoms with Crippen molar-refractivity contribution in [2.24, 2.45) is 0 Å². The summed E-state index contributed by atoms with van der Waals surface area (Å²) in [5.74, 6) is -0.650. The predicted molar refractivity (Wildman–Crippen MR) is 78.2 cm³/mol. The van der Waals surface area contributed by atoms with Crippen molar-refractivity contribution in [2.75, 3.05) is 5.75 Å². The van der Waals surface area contributed by atoms with E-state index in [4.69, 9.17) is 4.42 Å². The molecule has 1 amide bonds. The van der Waals surface area contributed by atoms with Gasteiger partial charge in [0, 0.05) is 5.56 Å². The molecular formula is C14H16N2O4S. The monoisotopic (exact) mass is 308 g/mol. The Balaban J connectivity index is 2.28. The van der Waals surface area contributed by atoms with Gasteiger partial charge in [-0.3, -0.25) is 4.79 Å². The summed E-state index contributed by atoms with van der Waals surface area (Å²) < 4.78 is 30.5. The first-order valence-electron chi connectivity index (χ1n) is 6.48. The third-order valence-corrected chi connectivity index (χ3v) is 4.26. The van der Waals surface area contributed by atoms with Crippen LogP contribution in [0.25, 0.3) is 11.3 Å².